The van der Waals surface area contributed by atoms with Gasteiger partial charge < -0.3 is 5.11 Å². The number of aliphatic hydroxyl groups is 1. The SMILES string of the molecule is O=CC1=C(Cl)C2=C/C(=C/O)CCC2CC1. The lowest BCUT2D eigenvalue weighted by Gasteiger charge is -2.29. The molecule has 0 aromatic carbocycles. The molecule has 0 bridgehead atoms. The van der Waals surface area contributed by atoms with Gasteiger partial charge in [0.05, 0.1) is 11.3 Å². The monoisotopic (exact) mass is 224 g/mol. The van der Waals surface area contributed by atoms with E-state index in [1.807, 2.05) is 6.08 Å². The van der Waals surface area contributed by atoms with Crippen LogP contribution in [0.5, 0.6) is 0 Å². The first-order valence-corrected chi connectivity index (χ1v) is 5.53. The summed E-state index contributed by atoms with van der Waals surface area (Å²) in [5.74, 6) is 0.463. The van der Waals surface area contributed by atoms with Crippen LogP contribution in [0.15, 0.2) is 34.1 Å². The number of rotatable bonds is 1. The van der Waals surface area contributed by atoms with Crippen molar-refractivity contribution in [2.45, 2.75) is 25.7 Å². The number of hydrogen-bond donors (Lipinski definition) is 1. The second-order valence-corrected chi connectivity index (χ2v) is 4.41. The van der Waals surface area contributed by atoms with E-state index < -0.39 is 0 Å². The quantitative estimate of drug-likeness (QED) is 0.548. The van der Waals surface area contributed by atoms with Crippen LogP contribution < -0.4 is 0 Å². The number of carbonyl (C=O) groups excluding carboxylic acids is 1. The number of carbonyl (C=O) groups is 1. The normalized spacial score (nSPS) is 28.7. The van der Waals surface area contributed by atoms with Gasteiger partial charge in [0, 0.05) is 5.57 Å². The van der Waals surface area contributed by atoms with Crippen LogP contribution in [-0.2, 0) is 4.79 Å². The van der Waals surface area contributed by atoms with Crippen molar-refractivity contribution >= 4 is 17.9 Å². The van der Waals surface area contributed by atoms with Crippen molar-refractivity contribution in [3.05, 3.63) is 34.1 Å². The van der Waals surface area contributed by atoms with Crippen LogP contribution in [0.2, 0.25) is 0 Å². The molecule has 0 fully saturated rings. The molecule has 0 amide bonds. The molecule has 0 radical (unpaired) electrons. The number of fused-ring (bicyclic) bond motifs is 1. The lowest BCUT2D eigenvalue weighted by Crippen LogP contribution is -2.16. The summed E-state index contributed by atoms with van der Waals surface area (Å²) in [6.45, 7) is 0. The molecule has 0 heterocycles. The van der Waals surface area contributed by atoms with Gasteiger partial charge in [-0.1, -0.05) is 17.7 Å². The van der Waals surface area contributed by atoms with Crippen molar-refractivity contribution < 1.29 is 9.90 Å². The van der Waals surface area contributed by atoms with Crippen molar-refractivity contribution in [3.63, 3.8) is 0 Å². The highest BCUT2D eigenvalue weighted by atomic mass is 35.5. The Kier molecular flexibility index (Phi) is 2.96. The molecule has 1 atom stereocenters. The molecule has 2 aliphatic rings. The smallest absolute Gasteiger partial charge is 0.147 e. The van der Waals surface area contributed by atoms with Crippen LogP contribution in [0.3, 0.4) is 0 Å². The van der Waals surface area contributed by atoms with Gasteiger partial charge >= 0.3 is 0 Å². The second-order valence-electron chi connectivity index (χ2n) is 4.04. The Morgan fingerprint density at radius 3 is 2.80 bits per heavy atom. The summed E-state index contributed by atoms with van der Waals surface area (Å²) in [4.78, 5) is 10.8. The number of halogens is 1. The van der Waals surface area contributed by atoms with E-state index in [-0.39, 0.29) is 0 Å². The van der Waals surface area contributed by atoms with Crippen LogP contribution in [0.25, 0.3) is 0 Å². The maximum atomic E-state index is 10.8. The van der Waals surface area contributed by atoms with Crippen LogP contribution in [-0.4, -0.2) is 11.4 Å². The summed E-state index contributed by atoms with van der Waals surface area (Å²) in [5, 5.41) is 9.55. The first kappa shape index (κ1) is 10.5. The fourth-order valence-electron chi connectivity index (χ4n) is 2.27. The molecule has 80 valence electrons. The van der Waals surface area contributed by atoms with Gasteiger partial charge in [0.1, 0.15) is 6.29 Å². The molecule has 2 rings (SSSR count). The maximum Gasteiger partial charge on any atom is 0.147 e. The molecular weight excluding hydrogens is 212 g/mol. The van der Waals surface area contributed by atoms with Crippen LogP contribution in [0.4, 0.5) is 0 Å². The molecule has 1 N–H and O–H groups in total. The molecule has 2 aliphatic carbocycles. The highest BCUT2D eigenvalue weighted by Gasteiger charge is 2.27. The number of allylic oxidation sites excluding steroid dienone is 5. The zero-order valence-corrected chi connectivity index (χ0v) is 9.13. The minimum Gasteiger partial charge on any atom is -0.515 e. The van der Waals surface area contributed by atoms with Gasteiger partial charge in [0.25, 0.3) is 0 Å². The number of aliphatic hydroxyl groups excluding tert-OH is 1. The summed E-state index contributed by atoms with van der Waals surface area (Å²) in [7, 11) is 0. The first-order chi connectivity index (χ1) is 7.26. The van der Waals surface area contributed by atoms with E-state index in [0.29, 0.717) is 16.5 Å². The predicted molar refractivity (Wildman–Crippen MR) is 59.7 cm³/mol. The number of aldehydes is 1. The fourth-order valence-corrected chi connectivity index (χ4v) is 2.61. The van der Waals surface area contributed by atoms with Gasteiger partial charge in [-0.25, -0.2) is 0 Å². The van der Waals surface area contributed by atoms with Gasteiger partial charge in [-0.15, -0.1) is 0 Å². The largest absolute Gasteiger partial charge is 0.515 e. The van der Waals surface area contributed by atoms with E-state index in [2.05, 4.69) is 0 Å². The van der Waals surface area contributed by atoms with Crippen LogP contribution >= 0.6 is 11.6 Å². The molecule has 0 saturated heterocycles. The Morgan fingerprint density at radius 1 is 1.40 bits per heavy atom. The minimum absolute atomic E-state index is 0.463. The van der Waals surface area contributed by atoms with Crippen molar-refractivity contribution in [2.24, 2.45) is 5.92 Å². The average Bonchev–Trinajstić information content (AvgIpc) is 2.29. The Labute approximate surface area is 93.9 Å². The lowest BCUT2D eigenvalue weighted by molar-refractivity contribution is -0.105. The molecule has 3 heteroatoms. The molecule has 0 aromatic heterocycles. The fraction of sp³-hybridized carbons (Fsp3) is 0.417. The molecule has 15 heavy (non-hydrogen) atoms. The zero-order chi connectivity index (χ0) is 10.8. The standard InChI is InChI=1S/C12H13ClO2/c13-12-10(7-15)4-3-9-2-1-8(6-14)5-11(9)12/h5-7,9,14H,1-4H2/b8-6+. The molecule has 0 spiro atoms. The third-order valence-electron chi connectivity index (χ3n) is 3.17. The molecular formula is C12H13ClO2. The molecule has 0 saturated carbocycles. The third kappa shape index (κ3) is 1.86. The van der Waals surface area contributed by atoms with E-state index >= 15 is 0 Å². The van der Waals surface area contributed by atoms with Crippen LogP contribution in [0, 0.1) is 5.92 Å². The van der Waals surface area contributed by atoms with Crippen molar-refractivity contribution in [2.75, 3.05) is 0 Å². The molecule has 2 nitrogen and oxygen atoms in total. The minimum atomic E-state index is 0.463. The Hall–Kier alpha value is -1.02. The van der Waals surface area contributed by atoms with Crippen LogP contribution in [0.1, 0.15) is 25.7 Å². The average molecular weight is 225 g/mol. The van der Waals surface area contributed by atoms with Gasteiger partial charge in [0.15, 0.2) is 0 Å². The van der Waals surface area contributed by atoms with E-state index in [1.54, 1.807) is 0 Å². The Morgan fingerprint density at radius 2 is 2.13 bits per heavy atom. The lowest BCUT2D eigenvalue weighted by atomic mass is 9.77. The predicted octanol–water partition coefficient (Wildman–Crippen LogP) is 3.25. The van der Waals surface area contributed by atoms with E-state index in [4.69, 9.17) is 16.7 Å². The molecule has 1 unspecified atom stereocenters. The van der Waals surface area contributed by atoms with Gasteiger partial charge in [-0.3, -0.25) is 4.79 Å². The van der Waals surface area contributed by atoms with Crippen molar-refractivity contribution in [1.82, 2.24) is 0 Å². The third-order valence-corrected chi connectivity index (χ3v) is 3.63. The summed E-state index contributed by atoms with van der Waals surface area (Å²) >= 11 is 6.15. The summed E-state index contributed by atoms with van der Waals surface area (Å²) in [5.41, 5.74) is 2.61. The van der Waals surface area contributed by atoms with Crippen molar-refractivity contribution in [3.8, 4) is 0 Å². The summed E-state index contributed by atoms with van der Waals surface area (Å²) in [6.07, 6.45) is 7.57. The van der Waals surface area contributed by atoms with Crippen molar-refractivity contribution in [1.29, 1.82) is 0 Å². The Balaban J connectivity index is 2.42. The van der Waals surface area contributed by atoms with Gasteiger partial charge in [-0.05, 0) is 42.7 Å². The Bertz CT molecular complexity index is 377. The molecule has 0 aliphatic heterocycles. The summed E-state index contributed by atoms with van der Waals surface area (Å²) in [6, 6.07) is 0. The summed E-state index contributed by atoms with van der Waals surface area (Å²) < 4.78 is 0. The van der Waals surface area contributed by atoms with E-state index in [1.165, 1.54) is 0 Å². The highest BCUT2D eigenvalue weighted by Crippen LogP contribution is 2.42. The topological polar surface area (TPSA) is 37.3 Å². The van der Waals surface area contributed by atoms with Gasteiger partial charge in [0.2, 0.25) is 0 Å². The zero-order valence-electron chi connectivity index (χ0n) is 8.37. The molecule has 0 aromatic rings. The number of hydrogen-bond acceptors (Lipinski definition) is 2. The van der Waals surface area contributed by atoms with E-state index in [0.717, 1.165) is 49.4 Å². The second kappa shape index (κ2) is 4.23. The van der Waals surface area contributed by atoms with Gasteiger partial charge in [-0.2, -0.15) is 0 Å². The maximum absolute atomic E-state index is 10.8. The first-order valence-electron chi connectivity index (χ1n) is 5.15. The van der Waals surface area contributed by atoms with E-state index in [9.17, 15) is 4.79 Å². The highest BCUT2D eigenvalue weighted by molar-refractivity contribution is 6.33.